The molecular formula is C24H25BrN4O4. The smallest absolute Gasteiger partial charge is 0.338 e. The molecule has 1 aromatic heterocycles. The van der Waals surface area contributed by atoms with Crippen LogP contribution in [0.4, 0.5) is 5.69 Å². The number of ether oxygens (including phenoxy) is 1. The van der Waals surface area contributed by atoms with Crippen molar-refractivity contribution in [2.45, 2.75) is 26.3 Å². The summed E-state index contributed by atoms with van der Waals surface area (Å²) in [5.41, 5.74) is 1.92. The third-order valence-electron chi connectivity index (χ3n) is 5.53. The SMILES string of the molecule is CCOC(=O)c1cccc(NC(=O)C2CCN(Cc3nc(-c4ccc(Br)cc4)no3)CC2)c1. The zero-order valence-corrected chi connectivity index (χ0v) is 19.9. The van der Waals surface area contributed by atoms with Crippen molar-refractivity contribution in [3.8, 4) is 11.4 Å². The van der Waals surface area contributed by atoms with Crippen molar-refractivity contribution in [3.63, 3.8) is 0 Å². The second-order valence-electron chi connectivity index (χ2n) is 7.86. The molecule has 1 amide bonds. The van der Waals surface area contributed by atoms with Crippen molar-refractivity contribution in [2.75, 3.05) is 25.0 Å². The highest BCUT2D eigenvalue weighted by Crippen LogP contribution is 2.23. The summed E-state index contributed by atoms with van der Waals surface area (Å²) >= 11 is 3.42. The minimum absolute atomic E-state index is 0.0361. The van der Waals surface area contributed by atoms with Crippen LogP contribution in [-0.2, 0) is 16.1 Å². The molecule has 0 radical (unpaired) electrons. The fourth-order valence-electron chi connectivity index (χ4n) is 3.76. The number of hydrogen-bond donors (Lipinski definition) is 1. The molecule has 0 atom stereocenters. The summed E-state index contributed by atoms with van der Waals surface area (Å²) in [6, 6.07) is 14.6. The van der Waals surface area contributed by atoms with Crippen LogP contribution in [0.3, 0.4) is 0 Å². The van der Waals surface area contributed by atoms with E-state index in [4.69, 9.17) is 9.26 Å². The van der Waals surface area contributed by atoms with Gasteiger partial charge in [-0.05, 0) is 75.3 Å². The fraction of sp³-hybridized carbons (Fsp3) is 0.333. The zero-order chi connectivity index (χ0) is 23.2. The molecule has 0 unspecified atom stereocenters. The lowest BCUT2D eigenvalue weighted by Gasteiger charge is -2.30. The van der Waals surface area contributed by atoms with Gasteiger partial charge in [0, 0.05) is 21.6 Å². The van der Waals surface area contributed by atoms with Gasteiger partial charge in [0.1, 0.15) is 0 Å². The Labute approximate surface area is 200 Å². The average Bonchev–Trinajstić information content (AvgIpc) is 3.29. The van der Waals surface area contributed by atoms with Crippen LogP contribution in [0.15, 0.2) is 57.5 Å². The first kappa shape index (κ1) is 23.1. The first-order valence-corrected chi connectivity index (χ1v) is 11.7. The number of piperidine rings is 1. The molecule has 0 aliphatic carbocycles. The molecule has 0 bridgehead atoms. The number of carbonyl (C=O) groups excluding carboxylic acids is 2. The molecule has 4 rings (SSSR count). The number of nitrogens with one attached hydrogen (secondary N) is 1. The molecule has 33 heavy (non-hydrogen) atoms. The van der Waals surface area contributed by atoms with E-state index in [9.17, 15) is 9.59 Å². The molecule has 1 aliphatic rings. The van der Waals surface area contributed by atoms with Crippen molar-refractivity contribution in [1.29, 1.82) is 0 Å². The minimum atomic E-state index is -0.397. The highest BCUT2D eigenvalue weighted by Gasteiger charge is 2.26. The van der Waals surface area contributed by atoms with Gasteiger partial charge in [-0.3, -0.25) is 9.69 Å². The van der Waals surface area contributed by atoms with E-state index in [1.807, 2.05) is 24.3 Å². The molecule has 1 fully saturated rings. The van der Waals surface area contributed by atoms with E-state index in [1.165, 1.54) is 0 Å². The van der Waals surface area contributed by atoms with Crippen LogP contribution in [0.25, 0.3) is 11.4 Å². The number of aromatic nitrogens is 2. The van der Waals surface area contributed by atoms with E-state index < -0.39 is 5.97 Å². The predicted octanol–water partition coefficient (Wildman–Crippen LogP) is 4.53. The first-order chi connectivity index (χ1) is 16.0. The van der Waals surface area contributed by atoms with Crippen molar-refractivity contribution in [1.82, 2.24) is 15.0 Å². The predicted molar refractivity (Wildman–Crippen MR) is 126 cm³/mol. The number of anilines is 1. The zero-order valence-electron chi connectivity index (χ0n) is 18.3. The lowest BCUT2D eigenvalue weighted by atomic mass is 9.95. The molecular weight excluding hydrogens is 488 g/mol. The van der Waals surface area contributed by atoms with E-state index in [2.05, 4.69) is 36.3 Å². The summed E-state index contributed by atoms with van der Waals surface area (Å²) in [4.78, 5) is 31.4. The van der Waals surface area contributed by atoms with Gasteiger partial charge in [0.25, 0.3) is 0 Å². The van der Waals surface area contributed by atoms with Crippen molar-refractivity contribution >= 4 is 33.5 Å². The van der Waals surface area contributed by atoms with Crippen LogP contribution >= 0.6 is 15.9 Å². The van der Waals surface area contributed by atoms with Gasteiger partial charge in [0.05, 0.1) is 18.7 Å². The number of rotatable bonds is 7. The largest absolute Gasteiger partial charge is 0.462 e. The van der Waals surface area contributed by atoms with Gasteiger partial charge in [-0.2, -0.15) is 4.98 Å². The standard InChI is InChI=1S/C24H25BrN4O4/c1-2-32-24(31)18-4-3-5-20(14-18)26-23(30)17-10-12-29(13-11-17)15-21-27-22(28-33-21)16-6-8-19(25)9-7-16/h3-9,14,17H,2,10-13,15H2,1H3,(H,26,30). The second kappa shape index (κ2) is 10.7. The van der Waals surface area contributed by atoms with Crippen LogP contribution in [0.2, 0.25) is 0 Å². The summed E-state index contributed by atoms with van der Waals surface area (Å²) in [5.74, 6) is 0.606. The van der Waals surface area contributed by atoms with E-state index in [0.29, 0.717) is 36.1 Å². The normalized spacial score (nSPS) is 14.7. The Morgan fingerprint density at radius 2 is 1.94 bits per heavy atom. The van der Waals surface area contributed by atoms with Crippen LogP contribution < -0.4 is 5.32 Å². The number of halogens is 1. The Balaban J connectivity index is 1.28. The Kier molecular flexibility index (Phi) is 7.51. The number of amides is 1. The number of hydrogen-bond acceptors (Lipinski definition) is 7. The molecule has 1 aliphatic heterocycles. The quantitative estimate of drug-likeness (QED) is 0.464. The molecule has 2 heterocycles. The number of likely N-dealkylation sites (tertiary alicyclic amines) is 1. The molecule has 2 aromatic carbocycles. The maximum absolute atomic E-state index is 12.7. The highest BCUT2D eigenvalue weighted by molar-refractivity contribution is 9.10. The summed E-state index contributed by atoms with van der Waals surface area (Å²) < 4.78 is 11.4. The lowest BCUT2D eigenvalue weighted by Crippen LogP contribution is -2.37. The monoisotopic (exact) mass is 512 g/mol. The summed E-state index contributed by atoms with van der Waals surface area (Å²) in [5, 5.41) is 7.01. The Morgan fingerprint density at radius 3 is 2.67 bits per heavy atom. The van der Waals surface area contributed by atoms with E-state index in [-0.39, 0.29) is 11.8 Å². The average molecular weight is 513 g/mol. The Bertz CT molecular complexity index is 1110. The maximum Gasteiger partial charge on any atom is 0.338 e. The molecule has 9 heteroatoms. The van der Waals surface area contributed by atoms with E-state index in [1.54, 1.807) is 31.2 Å². The van der Waals surface area contributed by atoms with Gasteiger partial charge in [-0.1, -0.05) is 27.2 Å². The fourth-order valence-corrected chi connectivity index (χ4v) is 4.03. The Hall–Kier alpha value is -3.04. The summed E-state index contributed by atoms with van der Waals surface area (Å²) in [6.07, 6.45) is 1.47. The Morgan fingerprint density at radius 1 is 1.18 bits per heavy atom. The molecule has 1 saturated heterocycles. The molecule has 0 saturated carbocycles. The number of nitrogens with zero attached hydrogens (tertiary/aromatic N) is 3. The summed E-state index contributed by atoms with van der Waals surface area (Å²) in [6.45, 7) is 4.15. The third kappa shape index (κ3) is 6.06. The first-order valence-electron chi connectivity index (χ1n) is 10.9. The van der Waals surface area contributed by atoms with Gasteiger partial charge >= 0.3 is 5.97 Å². The number of carbonyl (C=O) groups is 2. The van der Waals surface area contributed by atoms with Crippen LogP contribution in [0.5, 0.6) is 0 Å². The second-order valence-corrected chi connectivity index (χ2v) is 8.78. The van der Waals surface area contributed by atoms with Gasteiger partial charge < -0.3 is 14.6 Å². The van der Waals surface area contributed by atoms with Crippen LogP contribution in [0, 0.1) is 5.92 Å². The molecule has 8 nitrogen and oxygen atoms in total. The number of benzene rings is 2. The molecule has 172 valence electrons. The lowest BCUT2D eigenvalue weighted by molar-refractivity contribution is -0.121. The van der Waals surface area contributed by atoms with Crippen molar-refractivity contribution in [3.05, 3.63) is 64.5 Å². The van der Waals surface area contributed by atoms with Gasteiger partial charge in [-0.25, -0.2) is 4.79 Å². The minimum Gasteiger partial charge on any atom is -0.462 e. The van der Waals surface area contributed by atoms with Gasteiger partial charge in [-0.15, -0.1) is 0 Å². The van der Waals surface area contributed by atoms with Crippen LogP contribution in [-0.4, -0.2) is 46.6 Å². The third-order valence-corrected chi connectivity index (χ3v) is 6.06. The van der Waals surface area contributed by atoms with Crippen molar-refractivity contribution in [2.24, 2.45) is 5.92 Å². The van der Waals surface area contributed by atoms with Gasteiger partial charge in [0.15, 0.2) is 0 Å². The number of esters is 1. The molecule has 3 aromatic rings. The van der Waals surface area contributed by atoms with E-state index in [0.717, 1.165) is 36.0 Å². The maximum atomic E-state index is 12.7. The van der Waals surface area contributed by atoms with Crippen LogP contribution in [0.1, 0.15) is 36.0 Å². The topological polar surface area (TPSA) is 97.6 Å². The molecule has 0 spiro atoms. The van der Waals surface area contributed by atoms with E-state index >= 15 is 0 Å². The summed E-state index contributed by atoms with van der Waals surface area (Å²) in [7, 11) is 0. The van der Waals surface area contributed by atoms with Gasteiger partial charge in [0.2, 0.25) is 17.6 Å². The van der Waals surface area contributed by atoms with Crippen molar-refractivity contribution < 1.29 is 18.8 Å². The highest BCUT2D eigenvalue weighted by atomic mass is 79.9. The molecule has 1 N–H and O–H groups in total.